The summed E-state index contributed by atoms with van der Waals surface area (Å²) in [4.78, 5) is 12.8. The third kappa shape index (κ3) is 2.92. The fraction of sp³-hybridized carbons (Fsp3) is 0.167. The van der Waals surface area contributed by atoms with Crippen molar-refractivity contribution in [3.05, 3.63) is 58.4 Å². The molecule has 0 spiro atoms. The molecule has 0 radical (unpaired) electrons. The Morgan fingerprint density at radius 3 is 2.71 bits per heavy atom. The third-order valence-electron chi connectivity index (χ3n) is 3.72. The third-order valence-corrected chi connectivity index (χ3v) is 4.76. The Balaban J connectivity index is 1.62. The minimum atomic E-state index is -0.425. The number of hydrogen-bond donors (Lipinski definition) is 1. The standard InChI is InChI=1S/C18H14O5S/c19-12-1-3-14-11(7-18(20)23-16(14)8-12)10-24-13-2-4-15-17(9-13)22-6-5-21-15/h1-4,7-9,19H,5-6,10H2. The Morgan fingerprint density at radius 2 is 1.83 bits per heavy atom. The van der Waals surface area contributed by atoms with Gasteiger partial charge in [0.25, 0.3) is 0 Å². The molecule has 24 heavy (non-hydrogen) atoms. The van der Waals surface area contributed by atoms with Crippen molar-refractivity contribution in [2.24, 2.45) is 0 Å². The van der Waals surface area contributed by atoms with Crippen LogP contribution in [-0.2, 0) is 5.75 Å². The number of benzene rings is 2. The number of aromatic hydroxyl groups is 1. The predicted molar refractivity (Wildman–Crippen MR) is 91.1 cm³/mol. The number of ether oxygens (including phenoxy) is 2. The molecule has 2 aromatic carbocycles. The molecular weight excluding hydrogens is 328 g/mol. The van der Waals surface area contributed by atoms with Crippen LogP contribution in [0, 0.1) is 0 Å². The van der Waals surface area contributed by atoms with Crippen molar-refractivity contribution >= 4 is 22.7 Å². The van der Waals surface area contributed by atoms with Gasteiger partial charge in [-0.05, 0) is 35.9 Å². The molecule has 0 aliphatic carbocycles. The van der Waals surface area contributed by atoms with E-state index in [-0.39, 0.29) is 5.75 Å². The molecular formula is C18H14O5S. The van der Waals surface area contributed by atoms with Gasteiger partial charge in [0.05, 0.1) is 0 Å². The summed E-state index contributed by atoms with van der Waals surface area (Å²) >= 11 is 1.60. The lowest BCUT2D eigenvalue weighted by molar-refractivity contribution is 0.171. The molecule has 0 unspecified atom stereocenters. The van der Waals surface area contributed by atoms with Gasteiger partial charge in [0, 0.05) is 28.2 Å². The first-order valence-electron chi connectivity index (χ1n) is 7.47. The molecule has 3 aromatic rings. The SMILES string of the molecule is O=c1cc(CSc2ccc3c(c2)OCCO3)c2ccc(O)cc2o1. The highest BCUT2D eigenvalue weighted by Crippen LogP contribution is 2.35. The zero-order valence-electron chi connectivity index (χ0n) is 12.7. The number of thioether (sulfide) groups is 1. The highest BCUT2D eigenvalue weighted by atomic mass is 32.2. The maximum Gasteiger partial charge on any atom is 0.336 e. The van der Waals surface area contributed by atoms with Gasteiger partial charge in [0.15, 0.2) is 11.5 Å². The van der Waals surface area contributed by atoms with Crippen LogP contribution < -0.4 is 15.1 Å². The summed E-state index contributed by atoms with van der Waals surface area (Å²) in [6, 6.07) is 12.1. The molecule has 6 heteroatoms. The normalized spacial score (nSPS) is 13.2. The van der Waals surface area contributed by atoms with Crippen LogP contribution in [0.25, 0.3) is 11.0 Å². The van der Waals surface area contributed by atoms with E-state index in [1.165, 1.54) is 12.1 Å². The van der Waals surface area contributed by atoms with Crippen molar-refractivity contribution in [3.63, 3.8) is 0 Å². The molecule has 5 nitrogen and oxygen atoms in total. The zero-order valence-corrected chi connectivity index (χ0v) is 13.5. The van der Waals surface area contributed by atoms with Crippen molar-refractivity contribution < 1.29 is 19.0 Å². The van der Waals surface area contributed by atoms with E-state index in [9.17, 15) is 9.90 Å². The molecule has 0 saturated heterocycles. The molecule has 1 aliphatic heterocycles. The van der Waals surface area contributed by atoms with Gasteiger partial charge in [-0.1, -0.05) is 0 Å². The van der Waals surface area contributed by atoms with Crippen LogP contribution in [0.4, 0.5) is 0 Å². The second-order valence-electron chi connectivity index (χ2n) is 5.37. The van der Waals surface area contributed by atoms with E-state index in [4.69, 9.17) is 13.9 Å². The van der Waals surface area contributed by atoms with E-state index < -0.39 is 5.63 Å². The molecule has 1 N–H and O–H groups in total. The first kappa shape index (κ1) is 15.0. The second-order valence-corrected chi connectivity index (χ2v) is 6.41. The van der Waals surface area contributed by atoms with Gasteiger partial charge < -0.3 is 19.0 Å². The lowest BCUT2D eigenvalue weighted by atomic mass is 10.1. The maximum absolute atomic E-state index is 11.7. The van der Waals surface area contributed by atoms with Crippen LogP contribution in [0.3, 0.4) is 0 Å². The number of phenolic OH excluding ortho intramolecular Hbond substituents is 1. The smallest absolute Gasteiger partial charge is 0.336 e. The Bertz CT molecular complexity index is 963. The quantitative estimate of drug-likeness (QED) is 0.580. The van der Waals surface area contributed by atoms with E-state index >= 15 is 0 Å². The molecule has 0 saturated carbocycles. The van der Waals surface area contributed by atoms with Crippen LogP contribution >= 0.6 is 11.8 Å². The Morgan fingerprint density at radius 1 is 1.00 bits per heavy atom. The fourth-order valence-corrected chi connectivity index (χ4v) is 3.53. The van der Waals surface area contributed by atoms with E-state index in [1.54, 1.807) is 23.9 Å². The van der Waals surface area contributed by atoms with Gasteiger partial charge >= 0.3 is 5.63 Å². The van der Waals surface area contributed by atoms with Crippen molar-refractivity contribution in [1.82, 2.24) is 0 Å². The summed E-state index contributed by atoms with van der Waals surface area (Å²) in [5.74, 6) is 2.18. The molecule has 1 aromatic heterocycles. The first-order chi connectivity index (χ1) is 11.7. The van der Waals surface area contributed by atoms with Gasteiger partial charge in [-0.3, -0.25) is 0 Å². The molecule has 4 rings (SSSR count). The van der Waals surface area contributed by atoms with Crippen molar-refractivity contribution in [2.75, 3.05) is 13.2 Å². The van der Waals surface area contributed by atoms with Crippen LogP contribution in [0.15, 0.2) is 56.6 Å². The number of rotatable bonds is 3. The Kier molecular flexibility index (Phi) is 3.82. The Labute approximate surface area is 141 Å². The van der Waals surface area contributed by atoms with Gasteiger partial charge in [-0.25, -0.2) is 4.79 Å². The van der Waals surface area contributed by atoms with Crippen LogP contribution in [0.2, 0.25) is 0 Å². The van der Waals surface area contributed by atoms with Crippen molar-refractivity contribution in [3.8, 4) is 17.2 Å². The summed E-state index contributed by atoms with van der Waals surface area (Å²) < 4.78 is 16.2. The average Bonchev–Trinajstić information content (AvgIpc) is 2.59. The van der Waals surface area contributed by atoms with Crippen LogP contribution in [-0.4, -0.2) is 18.3 Å². The number of hydrogen-bond acceptors (Lipinski definition) is 6. The minimum absolute atomic E-state index is 0.0716. The second kappa shape index (κ2) is 6.13. The molecule has 0 amide bonds. The fourth-order valence-electron chi connectivity index (χ4n) is 2.61. The number of fused-ring (bicyclic) bond motifs is 2. The highest BCUT2D eigenvalue weighted by Gasteiger charge is 2.13. The van der Waals surface area contributed by atoms with Crippen LogP contribution in [0.1, 0.15) is 5.56 Å². The minimum Gasteiger partial charge on any atom is -0.508 e. The Hall–Kier alpha value is -2.60. The van der Waals surface area contributed by atoms with Gasteiger partial charge in [0.1, 0.15) is 24.5 Å². The van der Waals surface area contributed by atoms with Gasteiger partial charge in [-0.2, -0.15) is 0 Å². The average molecular weight is 342 g/mol. The summed E-state index contributed by atoms with van der Waals surface area (Å²) in [5, 5.41) is 10.4. The monoisotopic (exact) mass is 342 g/mol. The van der Waals surface area contributed by atoms with Crippen molar-refractivity contribution in [1.29, 1.82) is 0 Å². The molecule has 0 atom stereocenters. The largest absolute Gasteiger partial charge is 0.508 e. The van der Waals surface area contributed by atoms with Crippen molar-refractivity contribution in [2.45, 2.75) is 10.6 Å². The summed E-state index contributed by atoms with van der Waals surface area (Å²) in [7, 11) is 0. The number of phenols is 1. The molecule has 0 fully saturated rings. The molecule has 2 heterocycles. The maximum atomic E-state index is 11.7. The highest BCUT2D eigenvalue weighted by molar-refractivity contribution is 7.98. The molecule has 1 aliphatic rings. The van der Waals surface area contributed by atoms with Crippen LogP contribution in [0.5, 0.6) is 17.2 Å². The van der Waals surface area contributed by atoms with E-state index in [2.05, 4.69) is 0 Å². The zero-order chi connectivity index (χ0) is 16.5. The lowest BCUT2D eigenvalue weighted by Crippen LogP contribution is -2.15. The first-order valence-corrected chi connectivity index (χ1v) is 8.46. The van der Waals surface area contributed by atoms with E-state index in [0.29, 0.717) is 24.5 Å². The van der Waals surface area contributed by atoms with Gasteiger partial charge in [-0.15, -0.1) is 11.8 Å². The summed E-state index contributed by atoms with van der Waals surface area (Å²) in [6.07, 6.45) is 0. The summed E-state index contributed by atoms with van der Waals surface area (Å²) in [5.41, 5.74) is 0.826. The lowest BCUT2D eigenvalue weighted by Gasteiger charge is -2.18. The topological polar surface area (TPSA) is 68.9 Å². The van der Waals surface area contributed by atoms with Gasteiger partial charge in [0.2, 0.25) is 0 Å². The molecule has 0 bridgehead atoms. The van der Waals surface area contributed by atoms with E-state index in [0.717, 1.165) is 27.3 Å². The van der Waals surface area contributed by atoms with E-state index in [1.807, 2.05) is 18.2 Å². The molecule has 122 valence electrons. The predicted octanol–water partition coefficient (Wildman–Crippen LogP) is 3.56. The summed E-state index contributed by atoms with van der Waals surface area (Å²) in [6.45, 7) is 1.12.